The van der Waals surface area contributed by atoms with Gasteiger partial charge in [-0.15, -0.1) is 11.3 Å². The predicted molar refractivity (Wildman–Crippen MR) is 84.6 cm³/mol. The SMILES string of the molecule is CCc1nc(CCNC(=O)NC2CCCCC2CO)cs1. The largest absolute Gasteiger partial charge is 0.396 e. The average Bonchev–Trinajstić information content (AvgIpc) is 2.96. The molecule has 2 atom stereocenters. The van der Waals surface area contributed by atoms with Crippen molar-refractivity contribution in [3.8, 4) is 0 Å². The first-order valence-electron chi connectivity index (χ1n) is 7.81. The van der Waals surface area contributed by atoms with Crippen molar-refractivity contribution in [1.82, 2.24) is 15.6 Å². The van der Waals surface area contributed by atoms with Crippen molar-refractivity contribution in [2.24, 2.45) is 5.92 Å². The highest BCUT2D eigenvalue weighted by molar-refractivity contribution is 7.09. The molecular weight excluding hydrogens is 286 g/mol. The van der Waals surface area contributed by atoms with Crippen molar-refractivity contribution in [2.75, 3.05) is 13.2 Å². The lowest BCUT2D eigenvalue weighted by Gasteiger charge is -2.30. The number of hydrogen-bond donors (Lipinski definition) is 3. The zero-order valence-corrected chi connectivity index (χ0v) is 13.4. The fraction of sp³-hybridized carbons (Fsp3) is 0.733. The second-order valence-electron chi connectivity index (χ2n) is 5.57. The molecule has 1 heterocycles. The minimum Gasteiger partial charge on any atom is -0.396 e. The molecule has 0 radical (unpaired) electrons. The quantitative estimate of drug-likeness (QED) is 0.753. The van der Waals surface area contributed by atoms with Crippen LogP contribution in [0.3, 0.4) is 0 Å². The fourth-order valence-corrected chi connectivity index (χ4v) is 3.55. The first kappa shape index (κ1) is 16.2. The number of nitrogens with one attached hydrogen (secondary N) is 2. The first-order chi connectivity index (χ1) is 10.2. The molecule has 2 rings (SSSR count). The summed E-state index contributed by atoms with van der Waals surface area (Å²) >= 11 is 1.67. The zero-order valence-electron chi connectivity index (χ0n) is 12.6. The second kappa shape index (κ2) is 8.34. The molecule has 0 bridgehead atoms. The topological polar surface area (TPSA) is 74.2 Å². The molecule has 2 unspecified atom stereocenters. The van der Waals surface area contributed by atoms with Gasteiger partial charge in [-0.1, -0.05) is 19.8 Å². The number of rotatable bonds is 6. The minimum atomic E-state index is -0.133. The number of aryl methyl sites for hydroxylation is 1. The standard InChI is InChI=1S/C15H25N3O2S/c1-2-14-17-12(10-21-14)7-8-16-15(20)18-13-6-4-3-5-11(13)9-19/h10-11,13,19H,2-9H2,1H3,(H2,16,18,20). The number of amides is 2. The molecule has 118 valence electrons. The molecule has 0 aromatic carbocycles. The van der Waals surface area contributed by atoms with E-state index < -0.39 is 0 Å². The van der Waals surface area contributed by atoms with Crippen LogP contribution in [0.25, 0.3) is 0 Å². The molecule has 21 heavy (non-hydrogen) atoms. The fourth-order valence-electron chi connectivity index (χ4n) is 2.77. The Balaban J connectivity index is 1.69. The maximum atomic E-state index is 11.9. The van der Waals surface area contributed by atoms with E-state index in [0.717, 1.165) is 49.2 Å². The number of aromatic nitrogens is 1. The summed E-state index contributed by atoms with van der Waals surface area (Å²) in [4.78, 5) is 16.4. The Labute approximate surface area is 130 Å². The van der Waals surface area contributed by atoms with Crippen LogP contribution in [0.4, 0.5) is 4.79 Å². The van der Waals surface area contributed by atoms with Crippen molar-refractivity contribution in [3.63, 3.8) is 0 Å². The van der Waals surface area contributed by atoms with Crippen molar-refractivity contribution in [3.05, 3.63) is 16.1 Å². The maximum Gasteiger partial charge on any atom is 0.315 e. The van der Waals surface area contributed by atoms with Crippen LogP contribution in [-0.2, 0) is 12.8 Å². The molecule has 1 aliphatic carbocycles. The van der Waals surface area contributed by atoms with Gasteiger partial charge in [0, 0.05) is 36.9 Å². The van der Waals surface area contributed by atoms with E-state index in [2.05, 4.69) is 27.9 Å². The van der Waals surface area contributed by atoms with E-state index in [1.165, 1.54) is 0 Å². The highest BCUT2D eigenvalue weighted by atomic mass is 32.1. The summed E-state index contributed by atoms with van der Waals surface area (Å²) < 4.78 is 0. The van der Waals surface area contributed by atoms with Gasteiger partial charge >= 0.3 is 6.03 Å². The van der Waals surface area contributed by atoms with Gasteiger partial charge < -0.3 is 15.7 Å². The highest BCUT2D eigenvalue weighted by Gasteiger charge is 2.25. The number of aliphatic hydroxyl groups excluding tert-OH is 1. The number of aliphatic hydroxyl groups is 1. The maximum absolute atomic E-state index is 11.9. The molecule has 1 fully saturated rings. The molecule has 1 aliphatic rings. The second-order valence-corrected chi connectivity index (χ2v) is 6.51. The summed E-state index contributed by atoms with van der Waals surface area (Å²) in [6, 6.07) is -0.0268. The molecule has 3 N–H and O–H groups in total. The van der Waals surface area contributed by atoms with Crippen LogP contribution in [0.5, 0.6) is 0 Å². The summed E-state index contributed by atoms with van der Waals surface area (Å²) in [6.45, 7) is 2.84. The number of hydrogen-bond acceptors (Lipinski definition) is 4. The average molecular weight is 311 g/mol. The van der Waals surface area contributed by atoms with Gasteiger partial charge in [0.05, 0.1) is 10.7 Å². The monoisotopic (exact) mass is 311 g/mol. The third-order valence-electron chi connectivity index (χ3n) is 4.03. The third-order valence-corrected chi connectivity index (χ3v) is 5.07. The predicted octanol–water partition coefficient (Wildman–Crippen LogP) is 2.10. The first-order valence-corrected chi connectivity index (χ1v) is 8.69. The highest BCUT2D eigenvalue weighted by Crippen LogP contribution is 2.23. The molecule has 1 saturated carbocycles. The van der Waals surface area contributed by atoms with Crippen LogP contribution >= 0.6 is 11.3 Å². The summed E-state index contributed by atoms with van der Waals surface area (Å²) in [6.07, 6.45) is 5.96. The van der Waals surface area contributed by atoms with Gasteiger partial charge in [0.15, 0.2) is 0 Å². The lowest BCUT2D eigenvalue weighted by atomic mass is 9.85. The van der Waals surface area contributed by atoms with Crippen LogP contribution in [0.15, 0.2) is 5.38 Å². The Bertz CT molecular complexity index is 450. The number of nitrogens with zero attached hydrogens (tertiary/aromatic N) is 1. The molecule has 2 amide bonds. The summed E-state index contributed by atoms with van der Waals surface area (Å²) in [5, 5.41) is 18.4. The van der Waals surface area contributed by atoms with E-state index in [-0.39, 0.29) is 24.6 Å². The molecule has 0 saturated heterocycles. The lowest BCUT2D eigenvalue weighted by Crippen LogP contribution is -2.48. The normalized spacial score (nSPS) is 22.0. The van der Waals surface area contributed by atoms with Crippen LogP contribution in [0.2, 0.25) is 0 Å². The van der Waals surface area contributed by atoms with E-state index in [9.17, 15) is 9.90 Å². The third kappa shape index (κ3) is 4.97. The summed E-state index contributed by atoms with van der Waals surface area (Å²) in [5.41, 5.74) is 1.04. The molecule has 1 aromatic heterocycles. The molecule has 5 nitrogen and oxygen atoms in total. The lowest BCUT2D eigenvalue weighted by molar-refractivity contribution is 0.154. The van der Waals surface area contributed by atoms with Gasteiger partial charge in [0.1, 0.15) is 0 Å². The van der Waals surface area contributed by atoms with E-state index >= 15 is 0 Å². The summed E-state index contributed by atoms with van der Waals surface area (Å²) in [5.74, 6) is 0.204. The minimum absolute atomic E-state index is 0.106. The van der Waals surface area contributed by atoms with Crippen LogP contribution in [0.1, 0.15) is 43.3 Å². The van der Waals surface area contributed by atoms with Gasteiger partial charge in [-0.3, -0.25) is 0 Å². The van der Waals surface area contributed by atoms with Crippen LogP contribution < -0.4 is 10.6 Å². The Hall–Kier alpha value is -1.14. The van der Waals surface area contributed by atoms with Gasteiger partial charge in [-0.2, -0.15) is 0 Å². The van der Waals surface area contributed by atoms with Crippen LogP contribution in [0, 0.1) is 5.92 Å². The zero-order chi connectivity index (χ0) is 15.1. The number of thiazole rings is 1. The van der Waals surface area contributed by atoms with E-state index in [0.29, 0.717) is 6.54 Å². The Kier molecular flexibility index (Phi) is 6.45. The molecule has 0 spiro atoms. The molecule has 1 aromatic rings. The smallest absolute Gasteiger partial charge is 0.315 e. The molecule has 0 aliphatic heterocycles. The van der Waals surface area contributed by atoms with Crippen molar-refractivity contribution in [2.45, 2.75) is 51.5 Å². The van der Waals surface area contributed by atoms with E-state index in [4.69, 9.17) is 0 Å². The number of urea groups is 1. The van der Waals surface area contributed by atoms with E-state index in [1.807, 2.05) is 0 Å². The van der Waals surface area contributed by atoms with Crippen molar-refractivity contribution >= 4 is 17.4 Å². The van der Waals surface area contributed by atoms with Crippen molar-refractivity contribution in [1.29, 1.82) is 0 Å². The van der Waals surface area contributed by atoms with Gasteiger partial charge in [-0.05, 0) is 19.3 Å². The van der Waals surface area contributed by atoms with E-state index in [1.54, 1.807) is 11.3 Å². The van der Waals surface area contributed by atoms with Gasteiger partial charge in [0.25, 0.3) is 0 Å². The van der Waals surface area contributed by atoms with Crippen LogP contribution in [-0.4, -0.2) is 35.3 Å². The Morgan fingerprint density at radius 1 is 1.48 bits per heavy atom. The summed E-state index contributed by atoms with van der Waals surface area (Å²) in [7, 11) is 0. The Morgan fingerprint density at radius 3 is 3.00 bits per heavy atom. The van der Waals surface area contributed by atoms with Gasteiger partial charge in [0.2, 0.25) is 0 Å². The van der Waals surface area contributed by atoms with Gasteiger partial charge in [-0.25, -0.2) is 9.78 Å². The Morgan fingerprint density at radius 2 is 2.29 bits per heavy atom. The number of carbonyl (C=O) groups is 1. The van der Waals surface area contributed by atoms with Crippen molar-refractivity contribution < 1.29 is 9.90 Å². The molecular formula is C15H25N3O2S. The number of carbonyl (C=O) groups excluding carboxylic acids is 1. The molecule has 6 heteroatoms.